The normalized spacial score (nSPS) is 24.4. The maximum atomic E-state index is 11.7. The summed E-state index contributed by atoms with van der Waals surface area (Å²) in [6.45, 7) is 1.54. The second-order valence-corrected chi connectivity index (χ2v) is 5.59. The third-order valence-corrected chi connectivity index (χ3v) is 4.55. The van der Waals surface area contributed by atoms with Crippen LogP contribution >= 0.6 is 0 Å². The first kappa shape index (κ1) is 11.7. The van der Waals surface area contributed by atoms with Crippen LogP contribution in [0.4, 0.5) is 0 Å². The van der Waals surface area contributed by atoms with Crippen LogP contribution in [0, 0.1) is 5.41 Å². The SMILES string of the molecule is O=C(O)C1(c2ccncc2)CC2(CCOCC2)C1. The zero-order valence-electron chi connectivity index (χ0n) is 10.3. The van der Waals surface area contributed by atoms with Gasteiger partial charge in [0.15, 0.2) is 0 Å². The maximum absolute atomic E-state index is 11.7. The molecule has 0 amide bonds. The Labute approximate surface area is 106 Å². The molecule has 3 rings (SSSR count). The van der Waals surface area contributed by atoms with Crippen LogP contribution in [0.1, 0.15) is 31.2 Å². The van der Waals surface area contributed by atoms with Gasteiger partial charge in [-0.15, -0.1) is 0 Å². The van der Waals surface area contributed by atoms with Crippen molar-refractivity contribution in [1.82, 2.24) is 4.98 Å². The lowest BCUT2D eigenvalue weighted by molar-refractivity contribution is -0.160. The van der Waals surface area contributed by atoms with E-state index in [2.05, 4.69) is 4.98 Å². The number of carboxylic acid groups (broad SMARTS) is 1. The predicted octanol–water partition coefficient (Wildman–Crippen LogP) is 1.99. The molecular weight excluding hydrogens is 230 g/mol. The van der Waals surface area contributed by atoms with E-state index in [1.807, 2.05) is 12.1 Å². The monoisotopic (exact) mass is 247 g/mol. The number of nitrogens with zero attached hydrogens (tertiary/aromatic N) is 1. The summed E-state index contributed by atoms with van der Waals surface area (Å²) < 4.78 is 5.38. The second-order valence-electron chi connectivity index (χ2n) is 5.59. The van der Waals surface area contributed by atoms with E-state index in [0.29, 0.717) is 0 Å². The summed E-state index contributed by atoms with van der Waals surface area (Å²) in [5.74, 6) is -0.703. The van der Waals surface area contributed by atoms with E-state index in [4.69, 9.17) is 4.74 Å². The van der Waals surface area contributed by atoms with Crippen molar-refractivity contribution in [2.45, 2.75) is 31.1 Å². The summed E-state index contributed by atoms with van der Waals surface area (Å²) in [5, 5.41) is 9.60. The highest BCUT2D eigenvalue weighted by Gasteiger charge is 2.59. The summed E-state index contributed by atoms with van der Waals surface area (Å²) in [7, 11) is 0. The van der Waals surface area contributed by atoms with Gasteiger partial charge in [-0.2, -0.15) is 0 Å². The van der Waals surface area contributed by atoms with Gasteiger partial charge in [-0.1, -0.05) is 0 Å². The molecule has 1 aromatic heterocycles. The molecular formula is C14H17NO3. The number of carboxylic acids is 1. The molecule has 2 fully saturated rings. The topological polar surface area (TPSA) is 59.4 Å². The quantitative estimate of drug-likeness (QED) is 0.868. The van der Waals surface area contributed by atoms with E-state index in [1.165, 1.54) is 0 Å². The Hall–Kier alpha value is -1.42. The van der Waals surface area contributed by atoms with Gasteiger partial charge in [0.25, 0.3) is 0 Å². The molecule has 18 heavy (non-hydrogen) atoms. The molecule has 0 atom stereocenters. The van der Waals surface area contributed by atoms with E-state index in [-0.39, 0.29) is 5.41 Å². The van der Waals surface area contributed by atoms with Crippen LogP contribution < -0.4 is 0 Å². The number of rotatable bonds is 2. The highest BCUT2D eigenvalue weighted by atomic mass is 16.5. The molecule has 1 aromatic rings. The highest BCUT2D eigenvalue weighted by molar-refractivity contribution is 5.83. The Morgan fingerprint density at radius 3 is 2.39 bits per heavy atom. The van der Waals surface area contributed by atoms with Gasteiger partial charge >= 0.3 is 5.97 Å². The van der Waals surface area contributed by atoms with Crippen molar-refractivity contribution in [2.24, 2.45) is 5.41 Å². The minimum atomic E-state index is -0.703. The van der Waals surface area contributed by atoms with Gasteiger partial charge in [0.2, 0.25) is 0 Å². The van der Waals surface area contributed by atoms with Gasteiger partial charge in [-0.05, 0) is 48.8 Å². The third kappa shape index (κ3) is 1.63. The van der Waals surface area contributed by atoms with Gasteiger partial charge in [0, 0.05) is 25.6 Å². The average molecular weight is 247 g/mol. The number of ether oxygens (including phenoxy) is 1. The maximum Gasteiger partial charge on any atom is 0.314 e. The molecule has 1 aliphatic heterocycles. The van der Waals surface area contributed by atoms with Crippen LogP contribution in [0.15, 0.2) is 24.5 Å². The van der Waals surface area contributed by atoms with E-state index < -0.39 is 11.4 Å². The predicted molar refractivity (Wildman–Crippen MR) is 65.3 cm³/mol. The molecule has 4 nitrogen and oxygen atoms in total. The first-order valence-corrected chi connectivity index (χ1v) is 6.39. The number of pyridine rings is 1. The fraction of sp³-hybridized carbons (Fsp3) is 0.571. The van der Waals surface area contributed by atoms with Crippen molar-refractivity contribution in [3.05, 3.63) is 30.1 Å². The smallest absolute Gasteiger partial charge is 0.314 e. The molecule has 1 spiro atoms. The average Bonchev–Trinajstić information content (AvgIpc) is 2.37. The molecule has 0 bridgehead atoms. The number of aliphatic carboxylic acids is 1. The molecule has 1 saturated heterocycles. The lowest BCUT2D eigenvalue weighted by Crippen LogP contribution is -2.56. The summed E-state index contributed by atoms with van der Waals surface area (Å²) in [5.41, 5.74) is 0.391. The van der Waals surface area contributed by atoms with Crippen LogP contribution in [-0.4, -0.2) is 29.3 Å². The van der Waals surface area contributed by atoms with E-state index in [0.717, 1.165) is 44.5 Å². The van der Waals surface area contributed by atoms with Crippen molar-refractivity contribution in [3.63, 3.8) is 0 Å². The van der Waals surface area contributed by atoms with E-state index in [9.17, 15) is 9.90 Å². The van der Waals surface area contributed by atoms with Gasteiger partial charge in [-0.25, -0.2) is 0 Å². The minimum Gasteiger partial charge on any atom is -0.481 e. The molecule has 1 aliphatic carbocycles. The largest absolute Gasteiger partial charge is 0.481 e. The molecule has 2 heterocycles. The summed E-state index contributed by atoms with van der Waals surface area (Å²) in [6, 6.07) is 3.67. The van der Waals surface area contributed by atoms with Crippen molar-refractivity contribution < 1.29 is 14.6 Å². The molecule has 2 aliphatic rings. The fourth-order valence-electron chi connectivity index (χ4n) is 3.54. The second kappa shape index (κ2) is 4.05. The Kier molecular flexibility index (Phi) is 2.63. The first-order valence-electron chi connectivity index (χ1n) is 6.39. The van der Waals surface area contributed by atoms with Crippen LogP contribution in [0.3, 0.4) is 0 Å². The minimum absolute atomic E-state index is 0.194. The molecule has 1 N–H and O–H groups in total. The molecule has 1 saturated carbocycles. The van der Waals surface area contributed by atoms with E-state index in [1.54, 1.807) is 12.4 Å². The first-order chi connectivity index (χ1) is 8.67. The Bertz CT molecular complexity index is 443. The Morgan fingerprint density at radius 1 is 1.22 bits per heavy atom. The van der Waals surface area contributed by atoms with Crippen molar-refractivity contribution >= 4 is 5.97 Å². The fourth-order valence-corrected chi connectivity index (χ4v) is 3.54. The molecule has 0 aromatic carbocycles. The van der Waals surface area contributed by atoms with Crippen molar-refractivity contribution in [2.75, 3.05) is 13.2 Å². The van der Waals surface area contributed by atoms with Crippen LogP contribution in [-0.2, 0) is 14.9 Å². The van der Waals surface area contributed by atoms with E-state index >= 15 is 0 Å². The van der Waals surface area contributed by atoms with Gasteiger partial charge in [-0.3, -0.25) is 9.78 Å². The molecule has 0 unspecified atom stereocenters. The number of hydrogen-bond acceptors (Lipinski definition) is 3. The summed E-state index contributed by atoms with van der Waals surface area (Å²) in [4.78, 5) is 15.6. The standard InChI is InChI=1S/C14H17NO3/c16-12(17)14(11-1-5-15-6-2-11)9-13(10-14)3-7-18-8-4-13/h1-2,5-6H,3-4,7-10H2,(H,16,17). The molecule has 96 valence electrons. The van der Waals surface area contributed by atoms with Crippen LogP contribution in [0.2, 0.25) is 0 Å². The Balaban J connectivity index is 1.87. The summed E-state index contributed by atoms with van der Waals surface area (Å²) in [6.07, 6.45) is 6.82. The Morgan fingerprint density at radius 2 is 1.83 bits per heavy atom. The number of hydrogen-bond donors (Lipinski definition) is 1. The number of carbonyl (C=O) groups is 1. The highest BCUT2D eigenvalue weighted by Crippen LogP contribution is 2.60. The van der Waals surface area contributed by atoms with Crippen molar-refractivity contribution in [3.8, 4) is 0 Å². The van der Waals surface area contributed by atoms with Gasteiger partial charge in [0.1, 0.15) is 0 Å². The van der Waals surface area contributed by atoms with Gasteiger partial charge in [0.05, 0.1) is 5.41 Å². The summed E-state index contributed by atoms with van der Waals surface area (Å²) >= 11 is 0. The zero-order valence-corrected chi connectivity index (χ0v) is 10.3. The van der Waals surface area contributed by atoms with Gasteiger partial charge < -0.3 is 9.84 Å². The van der Waals surface area contributed by atoms with Crippen molar-refractivity contribution in [1.29, 1.82) is 0 Å². The molecule has 4 heteroatoms. The lowest BCUT2D eigenvalue weighted by Gasteiger charge is -2.55. The molecule has 0 radical (unpaired) electrons. The lowest BCUT2D eigenvalue weighted by atomic mass is 9.48. The van der Waals surface area contributed by atoms with Crippen LogP contribution in [0.25, 0.3) is 0 Å². The third-order valence-electron chi connectivity index (χ3n) is 4.55. The van der Waals surface area contributed by atoms with Crippen LogP contribution in [0.5, 0.6) is 0 Å². The zero-order chi connectivity index (χ0) is 12.6. The number of aromatic nitrogens is 1.